The summed E-state index contributed by atoms with van der Waals surface area (Å²) in [6, 6.07) is 22.5. The van der Waals surface area contributed by atoms with Crippen LogP contribution in [0.2, 0.25) is 10.0 Å². The van der Waals surface area contributed by atoms with Gasteiger partial charge in [0.1, 0.15) is 6.10 Å². The Morgan fingerprint density at radius 2 is 1.56 bits per heavy atom. The number of phenolic OH excluding ortho intramolecular Hbond substituents is 1. The lowest BCUT2D eigenvalue weighted by atomic mass is 9.69. The summed E-state index contributed by atoms with van der Waals surface area (Å²) < 4.78 is 6.08. The Kier molecular flexibility index (Phi) is 7.84. The highest BCUT2D eigenvalue weighted by molar-refractivity contribution is 6.42. The second kappa shape index (κ2) is 10.7. The van der Waals surface area contributed by atoms with Crippen molar-refractivity contribution in [1.82, 2.24) is 4.90 Å². The molecule has 0 aliphatic carbocycles. The molecule has 1 saturated heterocycles. The number of carbonyl (C=O) groups excluding carboxylic acids is 1. The van der Waals surface area contributed by atoms with Gasteiger partial charge in [-0.1, -0.05) is 83.9 Å². The Labute approximate surface area is 222 Å². The van der Waals surface area contributed by atoms with Gasteiger partial charge in [-0.25, -0.2) is 0 Å². The van der Waals surface area contributed by atoms with Gasteiger partial charge >= 0.3 is 0 Å². The van der Waals surface area contributed by atoms with Gasteiger partial charge in [-0.2, -0.15) is 0 Å². The van der Waals surface area contributed by atoms with Gasteiger partial charge < -0.3 is 15.6 Å². The van der Waals surface area contributed by atoms with Gasteiger partial charge in [-0.3, -0.25) is 9.69 Å². The summed E-state index contributed by atoms with van der Waals surface area (Å²) in [5.41, 5.74) is 6.80. The van der Waals surface area contributed by atoms with Crippen LogP contribution in [-0.4, -0.2) is 40.6 Å². The van der Waals surface area contributed by atoms with E-state index >= 15 is 0 Å². The number of ether oxygens (including phenoxy) is 1. The molecule has 1 aliphatic rings. The number of rotatable bonds is 9. The Bertz CT molecular complexity index is 1160. The molecule has 1 amide bonds. The van der Waals surface area contributed by atoms with Crippen molar-refractivity contribution in [3.05, 3.63) is 94.0 Å². The van der Waals surface area contributed by atoms with Crippen LogP contribution in [0.15, 0.2) is 72.8 Å². The van der Waals surface area contributed by atoms with Crippen LogP contribution >= 0.6 is 23.2 Å². The van der Waals surface area contributed by atoms with E-state index < -0.39 is 5.41 Å². The number of carbonyl (C=O) groups is 1. The van der Waals surface area contributed by atoms with Gasteiger partial charge in [-0.15, -0.1) is 0 Å². The summed E-state index contributed by atoms with van der Waals surface area (Å²) in [6.45, 7) is 5.90. The predicted molar refractivity (Wildman–Crippen MR) is 145 cm³/mol. The minimum absolute atomic E-state index is 0.0286. The van der Waals surface area contributed by atoms with E-state index in [0.29, 0.717) is 23.7 Å². The van der Waals surface area contributed by atoms with Crippen LogP contribution in [0.1, 0.15) is 44.2 Å². The number of nitrogens with two attached hydrogens (primary N) is 1. The van der Waals surface area contributed by atoms with Crippen molar-refractivity contribution >= 4 is 29.1 Å². The van der Waals surface area contributed by atoms with Crippen LogP contribution in [0.25, 0.3) is 0 Å². The van der Waals surface area contributed by atoms with E-state index in [1.807, 2.05) is 60.7 Å². The van der Waals surface area contributed by atoms with Crippen LogP contribution in [0, 0.1) is 0 Å². The van der Waals surface area contributed by atoms with E-state index in [-0.39, 0.29) is 28.3 Å². The summed E-state index contributed by atoms with van der Waals surface area (Å²) in [5, 5.41) is 10.8. The maximum absolute atomic E-state index is 13.1. The molecule has 1 fully saturated rings. The van der Waals surface area contributed by atoms with Gasteiger partial charge in [0, 0.05) is 30.8 Å². The summed E-state index contributed by atoms with van der Waals surface area (Å²) >= 11 is 12.1. The summed E-state index contributed by atoms with van der Waals surface area (Å²) in [4.78, 5) is 15.5. The van der Waals surface area contributed by atoms with Gasteiger partial charge in [0.25, 0.3) is 0 Å². The third-order valence-electron chi connectivity index (χ3n) is 7.36. The van der Waals surface area contributed by atoms with E-state index in [1.165, 1.54) is 6.07 Å². The summed E-state index contributed by atoms with van der Waals surface area (Å²) in [5.74, 6) is -0.0533. The van der Waals surface area contributed by atoms with Crippen molar-refractivity contribution in [1.29, 1.82) is 0 Å². The van der Waals surface area contributed by atoms with Crippen molar-refractivity contribution in [3.8, 4) is 11.5 Å². The Balaban J connectivity index is 1.52. The van der Waals surface area contributed by atoms with E-state index in [1.54, 1.807) is 6.07 Å². The fraction of sp³-hybridized carbons (Fsp3) is 0.345. The lowest BCUT2D eigenvalue weighted by molar-refractivity contribution is -0.122. The molecule has 1 atom stereocenters. The summed E-state index contributed by atoms with van der Waals surface area (Å²) in [7, 11) is 0. The number of nitrogens with zero attached hydrogens (tertiary/aromatic N) is 1. The predicted octanol–water partition coefficient (Wildman–Crippen LogP) is 6.18. The smallest absolute Gasteiger partial charge is 0.232 e. The van der Waals surface area contributed by atoms with Gasteiger partial charge in [0.05, 0.1) is 15.5 Å². The maximum atomic E-state index is 13.1. The molecule has 0 bridgehead atoms. The molecular weight excluding hydrogens is 495 g/mol. The highest BCUT2D eigenvalue weighted by atomic mass is 35.5. The zero-order valence-electron chi connectivity index (χ0n) is 20.6. The van der Waals surface area contributed by atoms with E-state index in [0.717, 1.165) is 30.5 Å². The highest BCUT2D eigenvalue weighted by Crippen LogP contribution is 2.41. The van der Waals surface area contributed by atoms with Crippen molar-refractivity contribution < 1.29 is 14.6 Å². The molecule has 0 unspecified atom stereocenters. The molecule has 0 radical (unpaired) electrons. The minimum atomic E-state index is -0.929. The second-order valence-electron chi connectivity index (χ2n) is 10.0. The first-order valence-corrected chi connectivity index (χ1v) is 12.9. The molecule has 7 heteroatoms. The number of benzene rings is 3. The topological polar surface area (TPSA) is 75.8 Å². The molecule has 3 aromatic carbocycles. The zero-order valence-corrected chi connectivity index (χ0v) is 22.1. The standard InChI is InChI=1S/C29H32Cl2N2O3/c1-28(2,33-16-13-22(19-33)36-26-18-24(31)23(30)17-25(26)34)14-15-29(27(32)35,20-9-5-3-6-10-20)21-11-7-4-8-12-21/h3-12,17-18,22,34H,13-16,19H2,1-2H3,(H2,32,35)/t22-/m0/s1. The monoisotopic (exact) mass is 526 g/mol. The van der Waals surface area contributed by atoms with Crippen LogP contribution < -0.4 is 10.5 Å². The number of phenols is 1. The highest BCUT2D eigenvalue weighted by Gasteiger charge is 2.43. The molecule has 0 aromatic heterocycles. The lowest BCUT2D eigenvalue weighted by Crippen LogP contribution is -2.47. The Hall–Kier alpha value is -2.73. The molecule has 0 spiro atoms. The van der Waals surface area contributed by atoms with Gasteiger partial charge in [0.2, 0.25) is 5.91 Å². The number of amides is 1. The Morgan fingerprint density at radius 3 is 2.11 bits per heavy atom. The first-order valence-electron chi connectivity index (χ1n) is 12.1. The molecular formula is C29H32Cl2N2O3. The van der Waals surface area contributed by atoms with Gasteiger partial charge in [0.15, 0.2) is 11.5 Å². The van der Waals surface area contributed by atoms with Crippen molar-refractivity contribution in [2.75, 3.05) is 13.1 Å². The number of halogens is 2. The van der Waals surface area contributed by atoms with Gasteiger partial charge in [-0.05, 0) is 44.2 Å². The zero-order chi connectivity index (χ0) is 25.9. The first kappa shape index (κ1) is 26.3. The summed E-state index contributed by atoms with van der Waals surface area (Å²) in [6.07, 6.45) is 2.02. The molecule has 0 saturated carbocycles. The van der Waals surface area contributed by atoms with E-state index in [4.69, 9.17) is 33.7 Å². The first-order chi connectivity index (χ1) is 17.1. The third-order valence-corrected chi connectivity index (χ3v) is 8.08. The van der Waals surface area contributed by atoms with E-state index in [9.17, 15) is 9.90 Å². The van der Waals surface area contributed by atoms with Crippen molar-refractivity contribution in [2.24, 2.45) is 5.73 Å². The lowest BCUT2D eigenvalue weighted by Gasteiger charge is -2.40. The number of hydrogen-bond acceptors (Lipinski definition) is 4. The number of hydrogen-bond donors (Lipinski definition) is 2. The molecule has 3 N–H and O–H groups in total. The molecule has 190 valence electrons. The molecule has 3 aromatic rings. The third kappa shape index (κ3) is 5.34. The van der Waals surface area contributed by atoms with Crippen LogP contribution in [0.5, 0.6) is 11.5 Å². The van der Waals surface area contributed by atoms with Crippen LogP contribution in [-0.2, 0) is 10.2 Å². The molecule has 4 rings (SSSR count). The van der Waals surface area contributed by atoms with Crippen molar-refractivity contribution in [3.63, 3.8) is 0 Å². The van der Waals surface area contributed by atoms with Crippen LogP contribution in [0.3, 0.4) is 0 Å². The second-order valence-corrected chi connectivity index (χ2v) is 10.8. The SMILES string of the molecule is CC(C)(CCC(C(N)=O)(c1ccccc1)c1ccccc1)N1CC[C@H](Oc2cc(Cl)c(Cl)cc2O)C1. The quantitative estimate of drug-likeness (QED) is 0.348. The molecule has 1 aliphatic heterocycles. The largest absolute Gasteiger partial charge is 0.504 e. The number of likely N-dealkylation sites (tertiary alicyclic amines) is 1. The maximum Gasteiger partial charge on any atom is 0.232 e. The number of primary amides is 1. The molecule has 36 heavy (non-hydrogen) atoms. The average molecular weight is 527 g/mol. The van der Waals surface area contributed by atoms with Crippen molar-refractivity contribution in [2.45, 2.75) is 50.2 Å². The Morgan fingerprint density at radius 1 is 1.00 bits per heavy atom. The molecule has 5 nitrogen and oxygen atoms in total. The average Bonchev–Trinajstić information content (AvgIpc) is 3.34. The fourth-order valence-electron chi connectivity index (χ4n) is 5.13. The molecule has 1 heterocycles. The number of aromatic hydroxyl groups is 1. The van der Waals surface area contributed by atoms with E-state index in [2.05, 4.69) is 18.7 Å². The fourth-order valence-corrected chi connectivity index (χ4v) is 5.44. The minimum Gasteiger partial charge on any atom is -0.504 e. The van der Waals surface area contributed by atoms with Crippen LogP contribution in [0.4, 0.5) is 0 Å². The normalized spacial score (nSPS) is 16.7.